The number of nitrogens with one attached hydrogen (secondary N) is 1. The van der Waals surface area contributed by atoms with E-state index in [1.165, 1.54) is 0 Å². The maximum Gasteiger partial charge on any atom is 0.239 e. The number of carbonyl (C=O) groups is 1. The first-order valence-electron chi connectivity index (χ1n) is 5.90. The highest BCUT2D eigenvalue weighted by Gasteiger charge is 2.01. The zero-order valence-electron chi connectivity index (χ0n) is 10.3. The van der Waals surface area contributed by atoms with Crippen molar-refractivity contribution in [3.63, 3.8) is 0 Å². The lowest BCUT2D eigenvalue weighted by Crippen LogP contribution is -2.12. The summed E-state index contributed by atoms with van der Waals surface area (Å²) in [5.41, 5.74) is 1.70. The Kier molecular flexibility index (Phi) is 4.81. The summed E-state index contributed by atoms with van der Waals surface area (Å²) >= 11 is 5.45. The van der Waals surface area contributed by atoms with Crippen LogP contribution in [0.15, 0.2) is 54.6 Å². The van der Waals surface area contributed by atoms with Crippen LogP contribution in [0, 0.1) is 0 Å². The summed E-state index contributed by atoms with van der Waals surface area (Å²) in [5.74, 6) is 0.547. The molecule has 0 aromatic heterocycles. The normalized spacial score (nSPS) is 9.95. The highest BCUT2D eigenvalue weighted by molar-refractivity contribution is 6.29. The maximum atomic E-state index is 11.2. The Hall–Kier alpha value is -2.00. The minimum absolute atomic E-state index is 0.0509. The van der Waals surface area contributed by atoms with Crippen molar-refractivity contribution in [2.24, 2.45) is 0 Å². The van der Waals surface area contributed by atoms with Gasteiger partial charge in [-0.2, -0.15) is 0 Å². The lowest BCUT2D eigenvalue weighted by atomic mass is 10.2. The quantitative estimate of drug-likeness (QED) is 0.849. The molecule has 0 heterocycles. The third-order valence-corrected chi connectivity index (χ3v) is 2.72. The van der Waals surface area contributed by atoms with E-state index < -0.39 is 0 Å². The molecule has 2 aromatic carbocycles. The number of carbonyl (C=O) groups excluding carboxylic acids is 1. The molecule has 0 aliphatic carbocycles. The molecule has 0 atom stereocenters. The molecule has 4 heteroatoms. The smallest absolute Gasteiger partial charge is 0.239 e. The number of alkyl halides is 1. The fraction of sp³-hybridized carbons (Fsp3) is 0.133. The van der Waals surface area contributed by atoms with Gasteiger partial charge in [-0.1, -0.05) is 30.3 Å². The Labute approximate surface area is 117 Å². The van der Waals surface area contributed by atoms with Gasteiger partial charge >= 0.3 is 0 Å². The lowest BCUT2D eigenvalue weighted by molar-refractivity contribution is -0.113. The number of amides is 1. The van der Waals surface area contributed by atoms with Crippen molar-refractivity contribution in [2.45, 2.75) is 6.61 Å². The molecule has 3 nitrogen and oxygen atoms in total. The number of hydrogen-bond donors (Lipinski definition) is 1. The van der Waals surface area contributed by atoms with Gasteiger partial charge in [-0.05, 0) is 29.8 Å². The average molecular weight is 276 g/mol. The maximum absolute atomic E-state index is 11.2. The molecule has 0 aliphatic rings. The Bertz CT molecular complexity index is 543. The first-order valence-corrected chi connectivity index (χ1v) is 6.44. The van der Waals surface area contributed by atoms with Gasteiger partial charge in [0.25, 0.3) is 0 Å². The van der Waals surface area contributed by atoms with E-state index in [9.17, 15) is 4.79 Å². The van der Waals surface area contributed by atoms with E-state index in [1.54, 1.807) is 0 Å². The highest BCUT2D eigenvalue weighted by atomic mass is 35.5. The molecular weight excluding hydrogens is 262 g/mol. The molecule has 0 saturated heterocycles. The van der Waals surface area contributed by atoms with Gasteiger partial charge < -0.3 is 10.1 Å². The third kappa shape index (κ3) is 4.30. The topological polar surface area (TPSA) is 38.3 Å². The van der Waals surface area contributed by atoms with E-state index in [0.29, 0.717) is 6.61 Å². The van der Waals surface area contributed by atoms with Gasteiger partial charge in [0, 0.05) is 5.69 Å². The average Bonchev–Trinajstić information content (AvgIpc) is 2.46. The Morgan fingerprint density at radius 1 is 1.11 bits per heavy atom. The second-order valence-corrected chi connectivity index (χ2v) is 4.25. The van der Waals surface area contributed by atoms with E-state index in [1.807, 2.05) is 54.6 Å². The number of benzene rings is 2. The fourth-order valence-electron chi connectivity index (χ4n) is 1.62. The summed E-state index contributed by atoms with van der Waals surface area (Å²) in [4.78, 5) is 11.2. The molecule has 2 rings (SSSR count). The van der Waals surface area contributed by atoms with Crippen LogP contribution in [-0.2, 0) is 11.4 Å². The van der Waals surface area contributed by atoms with E-state index in [0.717, 1.165) is 17.0 Å². The predicted molar refractivity (Wildman–Crippen MR) is 76.6 cm³/mol. The zero-order chi connectivity index (χ0) is 13.5. The van der Waals surface area contributed by atoms with Gasteiger partial charge in [-0.3, -0.25) is 4.79 Å². The number of hydrogen-bond acceptors (Lipinski definition) is 2. The fourth-order valence-corrected chi connectivity index (χ4v) is 1.68. The van der Waals surface area contributed by atoms with Gasteiger partial charge in [0.15, 0.2) is 0 Å². The highest BCUT2D eigenvalue weighted by Crippen LogP contribution is 2.14. The SMILES string of the molecule is O=C(CCl)Nc1cccc(COc2ccccc2)c1. The molecule has 0 unspecified atom stereocenters. The molecule has 0 saturated carbocycles. The molecule has 1 amide bonds. The predicted octanol–water partition coefficient (Wildman–Crippen LogP) is 3.44. The minimum atomic E-state index is -0.220. The summed E-state index contributed by atoms with van der Waals surface area (Å²) < 4.78 is 5.64. The van der Waals surface area contributed by atoms with Gasteiger partial charge in [0.1, 0.15) is 18.2 Å². The summed E-state index contributed by atoms with van der Waals surface area (Å²) in [5, 5.41) is 2.70. The summed E-state index contributed by atoms with van der Waals surface area (Å²) in [6, 6.07) is 17.1. The number of ether oxygens (including phenoxy) is 1. The second-order valence-electron chi connectivity index (χ2n) is 3.98. The van der Waals surface area contributed by atoms with Gasteiger partial charge in [-0.25, -0.2) is 0 Å². The zero-order valence-corrected chi connectivity index (χ0v) is 11.1. The number of halogens is 1. The minimum Gasteiger partial charge on any atom is -0.489 e. The van der Waals surface area contributed by atoms with Gasteiger partial charge in [0.05, 0.1) is 0 Å². The van der Waals surface area contributed by atoms with E-state index >= 15 is 0 Å². The number of para-hydroxylation sites is 1. The molecule has 0 aliphatic heterocycles. The standard InChI is InChI=1S/C15H14ClNO2/c16-10-15(18)17-13-6-4-5-12(9-13)11-19-14-7-2-1-3-8-14/h1-9H,10-11H2,(H,17,18). The Balaban J connectivity index is 1.97. The Morgan fingerprint density at radius 2 is 1.89 bits per heavy atom. The molecule has 0 spiro atoms. The summed E-state index contributed by atoms with van der Waals surface area (Å²) in [7, 11) is 0. The second kappa shape index (κ2) is 6.81. The first-order chi connectivity index (χ1) is 9.28. The molecule has 1 N–H and O–H groups in total. The number of rotatable bonds is 5. The van der Waals surface area contributed by atoms with Gasteiger partial charge in [0.2, 0.25) is 5.91 Å². The molecule has 0 radical (unpaired) electrons. The van der Waals surface area contributed by atoms with Crippen molar-refractivity contribution < 1.29 is 9.53 Å². The van der Waals surface area contributed by atoms with Crippen LogP contribution in [0.2, 0.25) is 0 Å². The van der Waals surface area contributed by atoms with Crippen LogP contribution < -0.4 is 10.1 Å². The monoisotopic (exact) mass is 275 g/mol. The largest absolute Gasteiger partial charge is 0.489 e. The lowest BCUT2D eigenvalue weighted by Gasteiger charge is -2.08. The van der Waals surface area contributed by atoms with Crippen LogP contribution in [0.25, 0.3) is 0 Å². The molecule has 0 fully saturated rings. The molecule has 0 bridgehead atoms. The van der Waals surface area contributed by atoms with Crippen molar-refractivity contribution in [1.82, 2.24) is 0 Å². The molecule has 98 valence electrons. The third-order valence-electron chi connectivity index (χ3n) is 2.48. The van der Waals surface area contributed by atoms with Crippen molar-refractivity contribution in [3.8, 4) is 5.75 Å². The summed E-state index contributed by atoms with van der Waals surface area (Å²) in [6.07, 6.45) is 0. The van der Waals surface area contributed by atoms with E-state index in [4.69, 9.17) is 16.3 Å². The number of anilines is 1. The van der Waals surface area contributed by atoms with Crippen LogP contribution >= 0.6 is 11.6 Å². The molecular formula is C15H14ClNO2. The van der Waals surface area contributed by atoms with Crippen LogP contribution in [0.3, 0.4) is 0 Å². The van der Waals surface area contributed by atoms with Crippen LogP contribution in [-0.4, -0.2) is 11.8 Å². The van der Waals surface area contributed by atoms with Crippen LogP contribution in [0.1, 0.15) is 5.56 Å². The van der Waals surface area contributed by atoms with Crippen molar-refractivity contribution >= 4 is 23.2 Å². The molecule has 19 heavy (non-hydrogen) atoms. The molecule has 2 aromatic rings. The van der Waals surface area contributed by atoms with Crippen molar-refractivity contribution in [3.05, 3.63) is 60.2 Å². The Morgan fingerprint density at radius 3 is 2.63 bits per heavy atom. The summed E-state index contributed by atoms with van der Waals surface area (Å²) in [6.45, 7) is 0.453. The van der Waals surface area contributed by atoms with E-state index in [-0.39, 0.29) is 11.8 Å². The van der Waals surface area contributed by atoms with Crippen LogP contribution in [0.4, 0.5) is 5.69 Å². The first kappa shape index (κ1) is 13.4. The van der Waals surface area contributed by atoms with Crippen LogP contribution in [0.5, 0.6) is 5.75 Å². The van der Waals surface area contributed by atoms with Crippen molar-refractivity contribution in [2.75, 3.05) is 11.2 Å². The van der Waals surface area contributed by atoms with Gasteiger partial charge in [-0.15, -0.1) is 11.6 Å². The van der Waals surface area contributed by atoms with Crippen molar-refractivity contribution in [1.29, 1.82) is 0 Å². The van der Waals surface area contributed by atoms with E-state index in [2.05, 4.69) is 5.32 Å².